The Kier molecular flexibility index (Phi) is 1.90. The SMILES string of the molecule is Fc1nccc(NCC23CCCC2C3)n1. The fourth-order valence-electron chi connectivity index (χ4n) is 2.85. The molecule has 2 atom stereocenters. The molecular formula is C11H14FN3. The number of aromatic nitrogens is 2. The number of nitrogens with zero attached hydrogens (tertiary/aromatic N) is 2. The number of hydrogen-bond donors (Lipinski definition) is 1. The van der Waals surface area contributed by atoms with Crippen molar-refractivity contribution in [2.75, 3.05) is 11.9 Å². The lowest BCUT2D eigenvalue weighted by Crippen LogP contribution is -2.16. The van der Waals surface area contributed by atoms with E-state index in [2.05, 4.69) is 15.3 Å². The summed E-state index contributed by atoms with van der Waals surface area (Å²) in [6.45, 7) is 0.939. The van der Waals surface area contributed by atoms with Crippen LogP contribution >= 0.6 is 0 Å². The van der Waals surface area contributed by atoms with Crippen molar-refractivity contribution in [2.45, 2.75) is 25.7 Å². The second kappa shape index (κ2) is 3.15. The fraction of sp³-hybridized carbons (Fsp3) is 0.636. The predicted octanol–water partition coefficient (Wildman–Crippen LogP) is 2.22. The molecule has 2 aliphatic carbocycles. The Morgan fingerprint density at radius 3 is 3.20 bits per heavy atom. The van der Waals surface area contributed by atoms with Gasteiger partial charge in [-0.1, -0.05) is 6.42 Å². The Morgan fingerprint density at radius 1 is 1.60 bits per heavy atom. The largest absolute Gasteiger partial charge is 0.369 e. The molecule has 80 valence electrons. The average molecular weight is 207 g/mol. The van der Waals surface area contributed by atoms with Crippen molar-refractivity contribution in [1.82, 2.24) is 9.97 Å². The third-order valence-electron chi connectivity index (χ3n) is 3.83. The van der Waals surface area contributed by atoms with Crippen molar-refractivity contribution in [3.8, 4) is 0 Å². The van der Waals surface area contributed by atoms with E-state index < -0.39 is 6.08 Å². The maximum atomic E-state index is 12.7. The van der Waals surface area contributed by atoms with Gasteiger partial charge in [0.05, 0.1) is 0 Å². The summed E-state index contributed by atoms with van der Waals surface area (Å²) in [6.07, 6.45) is 6.17. The van der Waals surface area contributed by atoms with E-state index in [0.29, 0.717) is 11.2 Å². The highest BCUT2D eigenvalue weighted by molar-refractivity contribution is 5.33. The number of rotatable bonds is 3. The van der Waals surface area contributed by atoms with Crippen LogP contribution in [0.5, 0.6) is 0 Å². The molecule has 2 saturated carbocycles. The number of halogens is 1. The molecule has 0 saturated heterocycles. The van der Waals surface area contributed by atoms with Crippen LogP contribution in [0, 0.1) is 17.4 Å². The molecule has 2 unspecified atom stereocenters. The lowest BCUT2D eigenvalue weighted by molar-refractivity contribution is 0.512. The second-order valence-corrected chi connectivity index (χ2v) is 4.72. The van der Waals surface area contributed by atoms with E-state index in [-0.39, 0.29) is 0 Å². The molecule has 0 amide bonds. The molecule has 0 radical (unpaired) electrons. The highest BCUT2D eigenvalue weighted by Crippen LogP contribution is 2.63. The maximum absolute atomic E-state index is 12.7. The van der Waals surface area contributed by atoms with Gasteiger partial charge in [0.25, 0.3) is 0 Å². The molecule has 15 heavy (non-hydrogen) atoms. The summed E-state index contributed by atoms with van der Waals surface area (Å²) in [5, 5.41) is 3.22. The predicted molar refractivity (Wildman–Crippen MR) is 54.9 cm³/mol. The zero-order valence-corrected chi connectivity index (χ0v) is 8.54. The van der Waals surface area contributed by atoms with Gasteiger partial charge in [-0.25, -0.2) is 4.98 Å². The molecule has 3 nitrogen and oxygen atoms in total. The van der Waals surface area contributed by atoms with E-state index in [4.69, 9.17) is 0 Å². The molecule has 1 aromatic heterocycles. The Morgan fingerprint density at radius 2 is 2.53 bits per heavy atom. The van der Waals surface area contributed by atoms with E-state index in [1.807, 2.05) is 0 Å². The van der Waals surface area contributed by atoms with Gasteiger partial charge in [-0.05, 0) is 36.7 Å². The zero-order valence-electron chi connectivity index (χ0n) is 8.54. The summed E-state index contributed by atoms with van der Waals surface area (Å²) < 4.78 is 12.7. The van der Waals surface area contributed by atoms with Crippen LogP contribution in [0.1, 0.15) is 25.7 Å². The van der Waals surface area contributed by atoms with Crippen LogP contribution in [-0.4, -0.2) is 16.5 Å². The number of anilines is 1. The Hall–Kier alpha value is -1.19. The van der Waals surface area contributed by atoms with Crippen molar-refractivity contribution in [3.63, 3.8) is 0 Å². The van der Waals surface area contributed by atoms with Crippen molar-refractivity contribution < 1.29 is 4.39 Å². The first kappa shape index (κ1) is 9.07. The van der Waals surface area contributed by atoms with Crippen LogP contribution in [0.4, 0.5) is 10.2 Å². The monoisotopic (exact) mass is 207 g/mol. The summed E-state index contributed by atoms with van der Waals surface area (Å²) >= 11 is 0. The molecule has 1 aromatic rings. The Labute approximate surface area is 88.1 Å². The van der Waals surface area contributed by atoms with E-state index in [1.54, 1.807) is 6.07 Å². The highest BCUT2D eigenvalue weighted by atomic mass is 19.1. The summed E-state index contributed by atoms with van der Waals surface area (Å²) in [4.78, 5) is 7.12. The summed E-state index contributed by atoms with van der Waals surface area (Å²) in [5.74, 6) is 1.52. The summed E-state index contributed by atoms with van der Waals surface area (Å²) in [7, 11) is 0. The molecule has 2 aliphatic rings. The van der Waals surface area contributed by atoms with Crippen LogP contribution < -0.4 is 5.32 Å². The van der Waals surface area contributed by atoms with E-state index in [1.165, 1.54) is 31.9 Å². The van der Waals surface area contributed by atoms with Gasteiger partial charge in [-0.3, -0.25) is 0 Å². The molecule has 4 heteroatoms. The average Bonchev–Trinajstić information content (AvgIpc) is 2.79. The standard InChI is InChI=1S/C11H14FN3/c12-10-13-5-3-9(15-10)14-7-11-4-1-2-8(11)6-11/h3,5,8H,1-2,4,6-7H2,(H,13,14,15). The summed E-state index contributed by atoms with van der Waals surface area (Å²) in [5.41, 5.74) is 0.515. The van der Waals surface area contributed by atoms with Crippen molar-refractivity contribution >= 4 is 5.82 Å². The van der Waals surface area contributed by atoms with Crippen LogP contribution in [0.25, 0.3) is 0 Å². The molecule has 0 bridgehead atoms. The van der Waals surface area contributed by atoms with Crippen molar-refractivity contribution in [1.29, 1.82) is 0 Å². The van der Waals surface area contributed by atoms with Gasteiger partial charge in [-0.15, -0.1) is 0 Å². The lowest BCUT2D eigenvalue weighted by atomic mass is 10.0. The van der Waals surface area contributed by atoms with Crippen LogP contribution in [0.2, 0.25) is 0 Å². The van der Waals surface area contributed by atoms with E-state index in [0.717, 1.165) is 12.5 Å². The molecule has 3 rings (SSSR count). The smallest absolute Gasteiger partial charge is 0.310 e. The minimum Gasteiger partial charge on any atom is -0.369 e. The van der Waals surface area contributed by atoms with Gasteiger partial charge in [0.2, 0.25) is 0 Å². The van der Waals surface area contributed by atoms with Gasteiger partial charge >= 0.3 is 6.08 Å². The molecule has 2 fully saturated rings. The van der Waals surface area contributed by atoms with Gasteiger partial charge in [0.15, 0.2) is 0 Å². The van der Waals surface area contributed by atoms with Gasteiger partial charge < -0.3 is 5.32 Å². The number of nitrogens with one attached hydrogen (secondary N) is 1. The third-order valence-corrected chi connectivity index (χ3v) is 3.83. The zero-order chi connectivity index (χ0) is 10.3. The lowest BCUT2D eigenvalue weighted by Gasteiger charge is -2.13. The van der Waals surface area contributed by atoms with Gasteiger partial charge in [0, 0.05) is 12.7 Å². The third kappa shape index (κ3) is 1.58. The minimum absolute atomic E-state index is 0.515. The van der Waals surface area contributed by atoms with E-state index >= 15 is 0 Å². The molecule has 1 N–H and O–H groups in total. The Bertz CT molecular complexity index is 382. The van der Waals surface area contributed by atoms with Crippen LogP contribution in [0.15, 0.2) is 12.3 Å². The van der Waals surface area contributed by atoms with Gasteiger partial charge in [0.1, 0.15) is 5.82 Å². The van der Waals surface area contributed by atoms with E-state index in [9.17, 15) is 4.39 Å². The Balaban J connectivity index is 1.62. The van der Waals surface area contributed by atoms with Crippen LogP contribution in [0.3, 0.4) is 0 Å². The minimum atomic E-state index is -0.656. The number of fused-ring (bicyclic) bond motifs is 1. The molecule has 1 heterocycles. The normalized spacial score (nSPS) is 32.5. The number of hydrogen-bond acceptors (Lipinski definition) is 3. The van der Waals surface area contributed by atoms with Crippen molar-refractivity contribution in [2.24, 2.45) is 11.3 Å². The van der Waals surface area contributed by atoms with Gasteiger partial charge in [-0.2, -0.15) is 9.37 Å². The molecule has 0 spiro atoms. The first-order valence-corrected chi connectivity index (χ1v) is 5.51. The summed E-state index contributed by atoms with van der Waals surface area (Å²) in [6, 6.07) is 1.71. The fourth-order valence-corrected chi connectivity index (χ4v) is 2.85. The highest BCUT2D eigenvalue weighted by Gasteiger charge is 2.56. The van der Waals surface area contributed by atoms with Crippen molar-refractivity contribution in [3.05, 3.63) is 18.3 Å². The maximum Gasteiger partial charge on any atom is 0.310 e. The molecular weight excluding hydrogens is 193 g/mol. The van der Waals surface area contributed by atoms with Crippen LogP contribution in [-0.2, 0) is 0 Å². The molecule has 0 aromatic carbocycles. The first-order chi connectivity index (χ1) is 7.28. The first-order valence-electron chi connectivity index (χ1n) is 5.51. The molecule has 0 aliphatic heterocycles. The quantitative estimate of drug-likeness (QED) is 0.772. The second-order valence-electron chi connectivity index (χ2n) is 4.72. The topological polar surface area (TPSA) is 37.8 Å².